The van der Waals surface area contributed by atoms with E-state index in [1.54, 1.807) is 0 Å². The molecule has 1 aromatic rings. The van der Waals surface area contributed by atoms with Crippen molar-refractivity contribution >= 4 is 17.5 Å². The van der Waals surface area contributed by atoms with Gasteiger partial charge in [-0.1, -0.05) is 35.9 Å². The lowest BCUT2D eigenvalue weighted by Crippen LogP contribution is -2.33. The third-order valence-electron chi connectivity index (χ3n) is 3.94. The van der Waals surface area contributed by atoms with Crippen LogP contribution in [-0.2, 0) is 19.1 Å². The minimum absolute atomic E-state index is 0.357. The summed E-state index contributed by atoms with van der Waals surface area (Å²) in [5.41, 5.74) is 3.33. The highest BCUT2D eigenvalue weighted by molar-refractivity contribution is 5.85. The van der Waals surface area contributed by atoms with E-state index in [4.69, 9.17) is 9.47 Å². The lowest BCUT2D eigenvalue weighted by atomic mass is 9.77. The van der Waals surface area contributed by atoms with Crippen LogP contribution in [0.15, 0.2) is 30.3 Å². The largest absolute Gasteiger partial charge is 0.469 e. The molecule has 0 radical (unpaired) electrons. The molecule has 0 spiro atoms. The fourth-order valence-electron chi connectivity index (χ4n) is 2.79. The summed E-state index contributed by atoms with van der Waals surface area (Å²) >= 11 is 0. The van der Waals surface area contributed by atoms with Crippen LogP contribution in [0.25, 0.3) is 5.57 Å². The van der Waals surface area contributed by atoms with Gasteiger partial charge in [0.15, 0.2) is 0 Å². The SMILES string of the molecule is COC(=O)[C@H]1CC=C(c2cccc(C)c2)C[C@@H]1C(=O)OC. The number of ether oxygens (including phenoxy) is 2. The summed E-state index contributed by atoms with van der Waals surface area (Å²) < 4.78 is 9.65. The van der Waals surface area contributed by atoms with Crippen molar-refractivity contribution in [3.63, 3.8) is 0 Å². The molecule has 0 saturated heterocycles. The third kappa shape index (κ3) is 3.32. The Morgan fingerprint density at radius 1 is 1.10 bits per heavy atom. The van der Waals surface area contributed by atoms with E-state index in [-0.39, 0.29) is 11.9 Å². The van der Waals surface area contributed by atoms with Gasteiger partial charge in [0.2, 0.25) is 0 Å². The van der Waals surface area contributed by atoms with Gasteiger partial charge in [0.25, 0.3) is 0 Å². The summed E-state index contributed by atoms with van der Waals surface area (Å²) in [6, 6.07) is 8.12. The van der Waals surface area contributed by atoms with E-state index in [0.717, 1.165) is 16.7 Å². The number of allylic oxidation sites excluding steroid dienone is 2. The van der Waals surface area contributed by atoms with Gasteiger partial charge < -0.3 is 9.47 Å². The molecule has 1 aliphatic rings. The highest BCUT2D eigenvalue weighted by Crippen LogP contribution is 2.36. The predicted octanol–water partition coefficient (Wildman–Crippen LogP) is 2.75. The zero-order chi connectivity index (χ0) is 15.4. The molecule has 0 bridgehead atoms. The van der Waals surface area contributed by atoms with E-state index in [0.29, 0.717) is 12.8 Å². The molecule has 0 aliphatic heterocycles. The van der Waals surface area contributed by atoms with Crippen molar-refractivity contribution in [3.05, 3.63) is 41.5 Å². The number of carbonyl (C=O) groups excluding carboxylic acids is 2. The van der Waals surface area contributed by atoms with Crippen molar-refractivity contribution in [2.45, 2.75) is 19.8 Å². The zero-order valence-corrected chi connectivity index (χ0v) is 12.6. The Labute approximate surface area is 124 Å². The fraction of sp³-hybridized carbons (Fsp3) is 0.412. The Morgan fingerprint density at radius 2 is 1.76 bits per heavy atom. The number of esters is 2. The lowest BCUT2D eigenvalue weighted by molar-refractivity contribution is -0.157. The molecule has 1 aromatic carbocycles. The van der Waals surface area contributed by atoms with Gasteiger partial charge in [-0.2, -0.15) is 0 Å². The highest BCUT2D eigenvalue weighted by atomic mass is 16.5. The smallest absolute Gasteiger partial charge is 0.309 e. The summed E-state index contributed by atoms with van der Waals surface area (Å²) in [6.45, 7) is 2.03. The maximum Gasteiger partial charge on any atom is 0.309 e. The molecule has 112 valence electrons. The molecule has 4 heteroatoms. The highest BCUT2D eigenvalue weighted by Gasteiger charge is 2.37. The Kier molecular flexibility index (Phi) is 4.78. The van der Waals surface area contributed by atoms with E-state index in [1.807, 2.05) is 31.2 Å². The normalized spacial score (nSPS) is 21.4. The molecular formula is C17H20O4. The van der Waals surface area contributed by atoms with Gasteiger partial charge in [-0.25, -0.2) is 0 Å². The molecule has 0 N–H and O–H groups in total. The number of carbonyl (C=O) groups is 2. The van der Waals surface area contributed by atoms with Crippen LogP contribution in [0.2, 0.25) is 0 Å². The molecule has 0 fully saturated rings. The van der Waals surface area contributed by atoms with Crippen molar-refractivity contribution < 1.29 is 19.1 Å². The molecule has 0 saturated carbocycles. The van der Waals surface area contributed by atoms with Crippen LogP contribution in [0.5, 0.6) is 0 Å². The molecule has 21 heavy (non-hydrogen) atoms. The fourth-order valence-corrected chi connectivity index (χ4v) is 2.79. The number of aryl methyl sites for hydroxylation is 1. The van der Waals surface area contributed by atoms with Crippen LogP contribution in [0, 0.1) is 18.8 Å². The molecular weight excluding hydrogens is 268 g/mol. The third-order valence-corrected chi connectivity index (χ3v) is 3.94. The Morgan fingerprint density at radius 3 is 2.38 bits per heavy atom. The summed E-state index contributed by atoms with van der Waals surface area (Å²) in [5.74, 6) is -1.66. The van der Waals surface area contributed by atoms with Crippen molar-refractivity contribution in [2.75, 3.05) is 14.2 Å². The van der Waals surface area contributed by atoms with Gasteiger partial charge in [-0.15, -0.1) is 0 Å². The molecule has 4 nitrogen and oxygen atoms in total. The first-order valence-corrected chi connectivity index (χ1v) is 6.98. The molecule has 2 rings (SSSR count). The summed E-state index contributed by atoms with van der Waals surface area (Å²) in [4.78, 5) is 23.8. The van der Waals surface area contributed by atoms with Gasteiger partial charge in [0, 0.05) is 0 Å². The monoisotopic (exact) mass is 288 g/mol. The standard InChI is InChI=1S/C17H20O4/c1-11-5-4-6-12(9-11)13-7-8-14(16(18)20-2)15(10-13)17(19)21-3/h4-7,9,14-15H,8,10H2,1-3H3/t14-,15-/m0/s1. The molecule has 0 amide bonds. The first kappa shape index (κ1) is 15.3. The Bertz CT molecular complexity index is 574. The van der Waals surface area contributed by atoms with Crippen LogP contribution >= 0.6 is 0 Å². The topological polar surface area (TPSA) is 52.6 Å². The van der Waals surface area contributed by atoms with Crippen LogP contribution in [0.1, 0.15) is 24.0 Å². The maximum absolute atomic E-state index is 12.0. The van der Waals surface area contributed by atoms with Crippen molar-refractivity contribution in [3.8, 4) is 0 Å². The Hall–Kier alpha value is -2.10. The summed E-state index contributed by atoms with van der Waals surface area (Å²) in [6.07, 6.45) is 3.02. The van der Waals surface area contributed by atoms with Crippen LogP contribution in [0.4, 0.5) is 0 Å². The number of hydrogen-bond donors (Lipinski definition) is 0. The van der Waals surface area contributed by atoms with Crippen LogP contribution in [-0.4, -0.2) is 26.2 Å². The number of rotatable bonds is 3. The van der Waals surface area contributed by atoms with Gasteiger partial charge >= 0.3 is 11.9 Å². The van der Waals surface area contributed by atoms with Crippen molar-refractivity contribution in [2.24, 2.45) is 11.8 Å². The first-order valence-electron chi connectivity index (χ1n) is 6.98. The average molecular weight is 288 g/mol. The van der Waals surface area contributed by atoms with E-state index < -0.39 is 11.8 Å². The molecule has 0 heterocycles. The average Bonchev–Trinajstić information content (AvgIpc) is 2.52. The van der Waals surface area contributed by atoms with Gasteiger partial charge in [0.1, 0.15) is 0 Å². The number of hydrogen-bond acceptors (Lipinski definition) is 4. The van der Waals surface area contributed by atoms with E-state index in [1.165, 1.54) is 14.2 Å². The van der Waals surface area contributed by atoms with Gasteiger partial charge in [-0.05, 0) is 30.9 Å². The van der Waals surface area contributed by atoms with Gasteiger partial charge in [0.05, 0.1) is 26.1 Å². The number of methoxy groups -OCH3 is 2. The summed E-state index contributed by atoms with van der Waals surface area (Å²) in [5, 5.41) is 0. The minimum Gasteiger partial charge on any atom is -0.469 e. The van der Waals surface area contributed by atoms with Crippen LogP contribution in [0.3, 0.4) is 0 Å². The molecule has 2 atom stereocenters. The second-order valence-corrected chi connectivity index (χ2v) is 5.30. The second kappa shape index (κ2) is 6.57. The predicted molar refractivity (Wildman–Crippen MR) is 79.4 cm³/mol. The van der Waals surface area contributed by atoms with Crippen molar-refractivity contribution in [1.82, 2.24) is 0 Å². The van der Waals surface area contributed by atoms with Crippen molar-refractivity contribution in [1.29, 1.82) is 0 Å². The zero-order valence-electron chi connectivity index (χ0n) is 12.6. The van der Waals surface area contributed by atoms with E-state index in [9.17, 15) is 9.59 Å². The molecule has 1 aliphatic carbocycles. The Balaban J connectivity index is 2.30. The lowest BCUT2D eigenvalue weighted by Gasteiger charge is -2.27. The first-order chi connectivity index (χ1) is 10.1. The maximum atomic E-state index is 12.0. The minimum atomic E-state index is -0.483. The van der Waals surface area contributed by atoms with E-state index >= 15 is 0 Å². The quantitative estimate of drug-likeness (QED) is 0.803. The molecule has 0 unspecified atom stereocenters. The second-order valence-electron chi connectivity index (χ2n) is 5.30. The van der Waals surface area contributed by atoms with Crippen LogP contribution < -0.4 is 0 Å². The van der Waals surface area contributed by atoms with E-state index in [2.05, 4.69) is 6.07 Å². The molecule has 0 aromatic heterocycles. The van der Waals surface area contributed by atoms with Gasteiger partial charge in [-0.3, -0.25) is 9.59 Å². The number of benzene rings is 1. The summed E-state index contributed by atoms with van der Waals surface area (Å²) in [7, 11) is 2.69.